The minimum atomic E-state index is -4.49. The summed E-state index contributed by atoms with van der Waals surface area (Å²) in [6.07, 6.45) is -4.49. The van der Waals surface area contributed by atoms with Crippen LogP contribution in [0.15, 0.2) is 78.9 Å². The molecule has 0 aliphatic heterocycles. The lowest BCUT2D eigenvalue weighted by Gasteiger charge is -2.09. The van der Waals surface area contributed by atoms with E-state index in [1.54, 1.807) is 24.3 Å². The zero-order valence-electron chi connectivity index (χ0n) is 14.0. The molecule has 0 saturated heterocycles. The van der Waals surface area contributed by atoms with Gasteiger partial charge in [0.25, 0.3) is 5.91 Å². The summed E-state index contributed by atoms with van der Waals surface area (Å²) >= 11 is 0. The molecule has 2 nitrogen and oxygen atoms in total. The van der Waals surface area contributed by atoms with Gasteiger partial charge < -0.3 is 5.32 Å². The predicted molar refractivity (Wildman–Crippen MR) is 98.3 cm³/mol. The number of amides is 1. The Kier molecular flexibility index (Phi) is 5.28. The maximum absolute atomic E-state index is 12.8. The topological polar surface area (TPSA) is 29.1 Å². The van der Waals surface area contributed by atoms with Gasteiger partial charge in [0.2, 0.25) is 0 Å². The highest BCUT2D eigenvalue weighted by Gasteiger charge is 2.30. The molecule has 0 bridgehead atoms. The summed E-state index contributed by atoms with van der Waals surface area (Å²) in [5, 5.41) is 2.58. The Morgan fingerprint density at radius 1 is 0.778 bits per heavy atom. The summed E-state index contributed by atoms with van der Waals surface area (Å²) < 4.78 is 38.3. The molecule has 5 heteroatoms. The van der Waals surface area contributed by atoms with Crippen LogP contribution in [0.4, 0.5) is 18.9 Å². The number of nitrogens with one attached hydrogen (secondary N) is 1. The number of carbonyl (C=O) groups is 1. The lowest BCUT2D eigenvalue weighted by molar-refractivity contribution is -0.137. The molecular formula is C22H14F3NO. The molecule has 0 saturated carbocycles. The van der Waals surface area contributed by atoms with Crippen molar-refractivity contribution in [2.45, 2.75) is 6.18 Å². The van der Waals surface area contributed by atoms with Crippen LogP contribution in [-0.4, -0.2) is 5.91 Å². The van der Waals surface area contributed by atoms with E-state index in [1.807, 2.05) is 30.3 Å². The maximum atomic E-state index is 12.8. The molecule has 3 aromatic rings. The monoisotopic (exact) mass is 365 g/mol. The van der Waals surface area contributed by atoms with E-state index in [-0.39, 0.29) is 5.56 Å². The van der Waals surface area contributed by atoms with E-state index in [4.69, 9.17) is 0 Å². The fraction of sp³-hybridized carbons (Fsp3) is 0.0455. The van der Waals surface area contributed by atoms with Crippen molar-refractivity contribution < 1.29 is 18.0 Å². The molecule has 134 valence electrons. The van der Waals surface area contributed by atoms with Crippen LogP contribution in [0.5, 0.6) is 0 Å². The zero-order chi connectivity index (χ0) is 19.3. The van der Waals surface area contributed by atoms with Crippen LogP contribution in [0.25, 0.3) is 0 Å². The molecule has 0 aliphatic carbocycles. The van der Waals surface area contributed by atoms with E-state index < -0.39 is 17.6 Å². The molecule has 0 atom stereocenters. The number of rotatable bonds is 2. The van der Waals surface area contributed by atoms with Crippen LogP contribution in [0.3, 0.4) is 0 Å². The van der Waals surface area contributed by atoms with Gasteiger partial charge in [0.05, 0.1) is 5.56 Å². The quantitative estimate of drug-likeness (QED) is 0.609. The third-order valence-corrected chi connectivity index (χ3v) is 3.72. The van der Waals surface area contributed by atoms with Gasteiger partial charge >= 0.3 is 6.18 Å². The van der Waals surface area contributed by atoms with Crippen molar-refractivity contribution in [1.82, 2.24) is 0 Å². The summed E-state index contributed by atoms with van der Waals surface area (Å²) in [5.74, 6) is 5.43. The van der Waals surface area contributed by atoms with E-state index in [0.29, 0.717) is 5.69 Å². The molecule has 0 aliphatic rings. The summed E-state index contributed by atoms with van der Waals surface area (Å²) in [4.78, 5) is 12.2. The normalized spacial score (nSPS) is 10.6. The minimum absolute atomic E-state index is 0.0576. The molecule has 1 amide bonds. The number of carbonyl (C=O) groups excluding carboxylic acids is 1. The van der Waals surface area contributed by atoms with Gasteiger partial charge in [-0.05, 0) is 54.6 Å². The van der Waals surface area contributed by atoms with E-state index in [2.05, 4.69) is 17.2 Å². The standard InChI is InChI=1S/C22H14F3NO/c23-22(24,25)19-8-4-7-18(15-19)21(27)26-20-13-11-17(12-14-20)10-9-16-5-2-1-3-6-16/h1-8,11-15H,(H,26,27). The first kappa shape index (κ1) is 18.3. The number of hydrogen-bond acceptors (Lipinski definition) is 1. The van der Waals surface area contributed by atoms with Crippen molar-refractivity contribution in [1.29, 1.82) is 0 Å². The second-order valence-electron chi connectivity index (χ2n) is 5.73. The molecule has 3 aromatic carbocycles. The van der Waals surface area contributed by atoms with Gasteiger partial charge in [0, 0.05) is 22.4 Å². The highest BCUT2D eigenvalue weighted by Crippen LogP contribution is 2.29. The van der Waals surface area contributed by atoms with Gasteiger partial charge in [-0.3, -0.25) is 4.79 Å². The van der Waals surface area contributed by atoms with Crippen molar-refractivity contribution in [3.8, 4) is 11.8 Å². The Morgan fingerprint density at radius 3 is 2.04 bits per heavy atom. The second-order valence-corrected chi connectivity index (χ2v) is 5.73. The van der Waals surface area contributed by atoms with Crippen LogP contribution in [0, 0.1) is 11.8 Å². The maximum Gasteiger partial charge on any atom is 0.416 e. The van der Waals surface area contributed by atoms with Gasteiger partial charge in [-0.25, -0.2) is 0 Å². The molecule has 3 rings (SSSR count). The summed E-state index contributed by atoms with van der Waals surface area (Å²) in [6, 6.07) is 20.6. The molecule has 27 heavy (non-hydrogen) atoms. The van der Waals surface area contributed by atoms with Crippen molar-refractivity contribution in [2.24, 2.45) is 0 Å². The van der Waals surface area contributed by atoms with Crippen molar-refractivity contribution in [3.05, 3.63) is 101 Å². The third kappa shape index (κ3) is 4.99. The average Bonchev–Trinajstić information content (AvgIpc) is 2.68. The number of halogens is 3. The molecule has 0 fully saturated rings. The third-order valence-electron chi connectivity index (χ3n) is 3.72. The first-order valence-electron chi connectivity index (χ1n) is 8.07. The zero-order valence-corrected chi connectivity index (χ0v) is 14.0. The summed E-state index contributed by atoms with van der Waals surface area (Å²) in [5.41, 5.74) is 1.21. The van der Waals surface area contributed by atoms with Crippen molar-refractivity contribution >= 4 is 11.6 Å². The fourth-order valence-corrected chi connectivity index (χ4v) is 2.34. The minimum Gasteiger partial charge on any atom is -0.322 e. The van der Waals surface area contributed by atoms with E-state index in [0.717, 1.165) is 23.3 Å². The SMILES string of the molecule is O=C(Nc1ccc(C#Cc2ccccc2)cc1)c1cccc(C(F)(F)F)c1. The largest absolute Gasteiger partial charge is 0.416 e. The Bertz CT molecular complexity index is 997. The number of hydrogen-bond donors (Lipinski definition) is 1. The number of alkyl halides is 3. The van der Waals surface area contributed by atoms with Crippen LogP contribution < -0.4 is 5.32 Å². The van der Waals surface area contributed by atoms with Crippen LogP contribution in [0.1, 0.15) is 27.0 Å². The van der Waals surface area contributed by atoms with Crippen molar-refractivity contribution in [3.63, 3.8) is 0 Å². The summed E-state index contributed by atoms with van der Waals surface area (Å²) in [7, 11) is 0. The van der Waals surface area contributed by atoms with E-state index in [9.17, 15) is 18.0 Å². The smallest absolute Gasteiger partial charge is 0.322 e. The fourth-order valence-electron chi connectivity index (χ4n) is 2.34. The van der Waals surface area contributed by atoms with Gasteiger partial charge in [0.1, 0.15) is 0 Å². The second kappa shape index (κ2) is 7.79. The molecule has 0 heterocycles. The average molecular weight is 365 g/mol. The lowest BCUT2D eigenvalue weighted by atomic mass is 10.1. The Labute approximate surface area is 154 Å². The van der Waals surface area contributed by atoms with Crippen LogP contribution >= 0.6 is 0 Å². The highest BCUT2D eigenvalue weighted by atomic mass is 19.4. The van der Waals surface area contributed by atoms with Crippen LogP contribution in [0.2, 0.25) is 0 Å². The van der Waals surface area contributed by atoms with Crippen LogP contribution in [-0.2, 0) is 6.18 Å². The van der Waals surface area contributed by atoms with Gasteiger partial charge in [-0.15, -0.1) is 0 Å². The Hall–Kier alpha value is -3.52. The molecule has 1 N–H and O–H groups in total. The molecule has 0 radical (unpaired) electrons. The first-order chi connectivity index (χ1) is 12.9. The Balaban J connectivity index is 1.70. The number of benzene rings is 3. The van der Waals surface area contributed by atoms with E-state index in [1.165, 1.54) is 12.1 Å². The molecule has 0 spiro atoms. The van der Waals surface area contributed by atoms with Gasteiger partial charge in [-0.1, -0.05) is 36.1 Å². The Morgan fingerprint density at radius 2 is 1.41 bits per heavy atom. The molecule has 0 aromatic heterocycles. The lowest BCUT2D eigenvalue weighted by Crippen LogP contribution is -2.13. The molecular weight excluding hydrogens is 351 g/mol. The van der Waals surface area contributed by atoms with E-state index >= 15 is 0 Å². The van der Waals surface area contributed by atoms with Gasteiger partial charge in [0.15, 0.2) is 0 Å². The predicted octanol–water partition coefficient (Wildman–Crippen LogP) is 5.36. The highest BCUT2D eigenvalue weighted by molar-refractivity contribution is 6.04. The number of anilines is 1. The molecule has 0 unspecified atom stereocenters. The first-order valence-corrected chi connectivity index (χ1v) is 8.07. The van der Waals surface area contributed by atoms with Crippen molar-refractivity contribution in [2.75, 3.05) is 5.32 Å². The summed E-state index contributed by atoms with van der Waals surface area (Å²) in [6.45, 7) is 0. The van der Waals surface area contributed by atoms with Gasteiger partial charge in [-0.2, -0.15) is 13.2 Å².